The van der Waals surface area contributed by atoms with E-state index in [9.17, 15) is 4.39 Å². The molecule has 0 amide bonds. The summed E-state index contributed by atoms with van der Waals surface area (Å²) in [4.78, 5) is 0.710. The van der Waals surface area contributed by atoms with E-state index < -0.39 is 5.82 Å². The summed E-state index contributed by atoms with van der Waals surface area (Å²) in [7, 11) is 0. The number of aromatic nitrogens is 3. The third-order valence-corrected chi connectivity index (χ3v) is 6.68. The lowest BCUT2D eigenvalue weighted by atomic mass is 10.1. The fourth-order valence-electron chi connectivity index (χ4n) is 3.21. The van der Waals surface area contributed by atoms with Crippen LogP contribution in [0.25, 0.3) is 6.08 Å². The molecule has 1 aliphatic heterocycles. The van der Waals surface area contributed by atoms with Gasteiger partial charge in [0.25, 0.3) is 0 Å². The summed E-state index contributed by atoms with van der Waals surface area (Å²) in [6.45, 7) is 0.146. The van der Waals surface area contributed by atoms with Crippen LogP contribution < -0.4 is 4.74 Å². The molecular formula is C24H14Cl3FN4OS. The van der Waals surface area contributed by atoms with Gasteiger partial charge in [-0.2, -0.15) is 9.78 Å². The summed E-state index contributed by atoms with van der Waals surface area (Å²) in [5.41, 5.74) is 1.73. The number of para-hydroxylation sites is 1. The summed E-state index contributed by atoms with van der Waals surface area (Å²) < 4.78 is 21.8. The SMILES string of the molecule is Fc1cc(C2=Nn3c(COc4ccccc4)nnc3S/C2=C\c2ccc(Cl)cc2)c(Cl)cc1Cl. The van der Waals surface area contributed by atoms with Crippen molar-refractivity contribution in [2.45, 2.75) is 11.8 Å². The largest absolute Gasteiger partial charge is 0.486 e. The summed E-state index contributed by atoms with van der Waals surface area (Å²) >= 11 is 19.7. The van der Waals surface area contributed by atoms with Crippen LogP contribution in [0.2, 0.25) is 15.1 Å². The number of hydrogen-bond donors (Lipinski definition) is 0. The molecule has 4 aromatic rings. The van der Waals surface area contributed by atoms with Crippen LogP contribution >= 0.6 is 46.6 Å². The van der Waals surface area contributed by atoms with Crippen molar-refractivity contribution >= 4 is 58.4 Å². The number of benzene rings is 3. The summed E-state index contributed by atoms with van der Waals surface area (Å²) in [5.74, 6) is 0.584. The van der Waals surface area contributed by atoms with Crippen LogP contribution in [0.1, 0.15) is 17.0 Å². The average molecular weight is 532 g/mol. The van der Waals surface area contributed by atoms with Crippen LogP contribution in [0.5, 0.6) is 5.75 Å². The van der Waals surface area contributed by atoms with Gasteiger partial charge >= 0.3 is 0 Å². The number of hydrogen-bond acceptors (Lipinski definition) is 5. The Bertz CT molecular complexity index is 1420. The van der Waals surface area contributed by atoms with Crippen molar-refractivity contribution in [3.8, 4) is 5.75 Å². The van der Waals surface area contributed by atoms with Crippen LogP contribution in [0.15, 0.2) is 81.9 Å². The predicted molar refractivity (Wildman–Crippen MR) is 134 cm³/mol. The van der Waals surface area contributed by atoms with Crippen molar-refractivity contribution in [2.24, 2.45) is 5.10 Å². The Morgan fingerprint density at radius 1 is 0.941 bits per heavy atom. The highest BCUT2D eigenvalue weighted by Gasteiger charge is 2.26. The van der Waals surface area contributed by atoms with E-state index in [0.29, 0.717) is 37.9 Å². The standard InChI is InChI=1S/C24H14Cl3FN4OS/c25-15-8-6-14(7-9-15)10-21-23(17-11-20(28)19(27)12-18(17)26)31-32-22(29-30-24(32)34-21)13-33-16-4-2-1-3-5-16/h1-12H,13H2/b21-10-. The zero-order chi connectivity index (χ0) is 23.7. The Kier molecular flexibility index (Phi) is 6.61. The number of fused-ring (bicyclic) bond motifs is 1. The van der Waals surface area contributed by atoms with Gasteiger partial charge < -0.3 is 4.74 Å². The monoisotopic (exact) mass is 530 g/mol. The van der Waals surface area contributed by atoms with Gasteiger partial charge in [0.2, 0.25) is 5.16 Å². The quantitative estimate of drug-likeness (QED) is 0.253. The zero-order valence-electron chi connectivity index (χ0n) is 17.3. The normalized spacial score (nSPS) is 14.1. The van der Waals surface area contributed by atoms with Crippen LogP contribution in [0.4, 0.5) is 4.39 Å². The molecule has 34 heavy (non-hydrogen) atoms. The molecule has 0 radical (unpaired) electrons. The van der Waals surface area contributed by atoms with Gasteiger partial charge in [0, 0.05) is 15.5 Å². The molecule has 0 saturated carbocycles. The van der Waals surface area contributed by atoms with Crippen molar-refractivity contribution in [1.29, 1.82) is 0 Å². The average Bonchev–Trinajstić information content (AvgIpc) is 3.23. The third kappa shape index (κ3) is 4.83. The summed E-state index contributed by atoms with van der Waals surface area (Å²) in [5, 5.41) is 14.6. The lowest BCUT2D eigenvalue weighted by Gasteiger charge is -2.18. The number of nitrogens with zero attached hydrogens (tertiary/aromatic N) is 4. The van der Waals surface area contributed by atoms with Crippen LogP contribution in [-0.2, 0) is 6.61 Å². The molecule has 0 spiro atoms. The second-order valence-corrected chi connectivity index (χ2v) is 9.43. The highest BCUT2D eigenvalue weighted by Crippen LogP contribution is 2.37. The lowest BCUT2D eigenvalue weighted by molar-refractivity contribution is 0.290. The molecule has 0 atom stereocenters. The summed E-state index contributed by atoms with van der Waals surface area (Å²) in [6.07, 6.45) is 1.90. The molecule has 0 fully saturated rings. The molecule has 0 saturated heterocycles. The van der Waals surface area contributed by atoms with E-state index in [2.05, 4.69) is 10.2 Å². The van der Waals surface area contributed by atoms with Crippen molar-refractivity contribution < 1.29 is 9.13 Å². The summed E-state index contributed by atoms with van der Waals surface area (Å²) in [6, 6.07) is 19.3. The molecular weight excluding hydrogens is 518 g/mol. The molecule has 0 unspecified atom stereocenters. The van der Waals surface area contributed by atoms with Crippen LogP contribution in [0.3, 0.4) is 0 Å². The van der Waals surface area contributed by atoms with Gasteiger partial charge in [-0.25, -0.2) is 4.39 Å². The van der Waals surface area contributed by atoms with E-state index in [1.165, 1.54) is 23.9 Å². The van der Waals surface area contributed by atoms with Gasteiger partial charge in [0.15, 0.2) is 5.82 Å². The van der Waals surface area contributed by atoms with Crippen LogP contribution in [0, 0.1) is 5.82 Å². The van der Waals surface area contributed by atoms with Gasteiger partial charge in [-0.3, -0.25) is 0 Å². The maximum atomic E-state index is 14.4. The molecule has 0 N–H and O–H groups in total. The van der Waals surface area contributed by atoms with Gasteiger partial charge in [-0.15, -0.1) is 10.2 Å². The number of rotatable bonds is 5. The minimum Gasteiger partial charge on any atom is -0.486 e. The van der Waals surface area contributed by atoms with Crippen molar-refractivity contribution in [2.75, 3.05) is 0 Å². The Labute approximate surface area is 213 Å². The Morgan fingerprint density at radius 3 is 2.47 bits per heavy atom. The Hall–Kier alpha value is -2.84. The second kappa shape index (κ2) is 9.80. The fraction of sp³-hybridized carbons (Fsp3) is 0.0417. The van der Waals surface area contributed by atoms with Gasteiger partial charge in [0.05, 0.1) is 10.0 Å². The molecule has 3 aromatic carbocycles. The first-order valence-electron chi connectivity index (χ1n) is 9.99. The highest BCUT2D eigenvalue weighted by atomic mass is 35.5. The van der Waals surface area contributed by atoms with Crippen molar-refractivity contribution in [3.63, 3.8) is 0 Å². The number of allylic oxidation sites excluding steroid dienone is 1. The Morgan fingerprint density at radius 2 is 1.71 bits per heavy atom. The molecule has 10 heteroatoms. The van der Waals surface area contributed by atoms with E-state index in [1.54, 1.807) is 16.8 Å². The number of thioether (sulfide) groups is 1. The second-order valence-electron chi connectivity index (χ2n) is 7.17. The maximum Gasteiger partial charge on any atom is 0.217 e. The van der Waals surface area contributed by atoms with Crippen molar-refractivity contribution in [1.82, 2.24) is 14.9 Å². The fourth-order valence-corrected chi connectivity index (χ4v) is 4.76. The maximum absolute atomic E-state index is 14.4. The third-order valence-electron chi connectivity index (χ3n) is 4.86. The number of ether oxygens (including phenoxy) is 1. The molecule has 5 rings (SSSR count). The molecule has 5 nitrogen and oxygen atoms in total. The zero-order valence-corrected chi connectivity index (χ0v) is 20.3. The molecule has 0 aliphatic carbocycles. The van der Waals surface area contributed by atoms with E-state index in [0.717, 1.165) is 5.56 Å². The minimum atomic E-state index is -0.596. The molecule has 2 heterocycles. The molecule has 0 bridgehead atoms. The van der Waals surface area contributed by atoms with E-state index in [-0.39, 0.29) is 16.7 Å². The smallest absolute Gasteiger partial charge is 0.217 e. The van der Waals surface area contributed by atoms with Crippen LogP contribution in [-0.4, -0.2) is 20.6 Å². The van der Waals surface area contributed by atoms with E-state index in [4.69, 9.17) is 44.6 Å². The Balaban J connectivity index is 1.58. The van der Waals surface area contributed by atoms with Crippen molar-refractivity contribution in [3.05, 3.63) is 109 Å². The molecule has 1 aromatic heterocycles. The van der Waals surface area contributed by atoms with Gasteiger partial charge in [0.1, 0.15) is 23.9 Å². The minimum absolute atomic E-state index is 0.0667. The first-order chi connectivity index (χ1) is 16.5. The first-order valence-corrected chi connectivity index (χ1v) is 11.9. The first kappa shape index (κ1) is 22.9. The lowest BCUT2D eigenvalue weighted by Crippen LogP contribution is -2.15. The highest BCUT2D eigenvalue weighted by molar-refractivity contribution is 8.04. The van der Waals surface area contributed by atoms with Gasteiger partial charge in [-0.1, -0.05) is 65.1 Å². The number of halogens is 4. The molecule has 170 valence electrons. The van der Waals surface area contributed by atoms with E-state index >= 15 is 0 Å². The molecule has 1 aliphatic rings. The topological polar surface area (TPSA) is 52.3 Å². The van der Waals surface area contributed by atoms with Gasteiger partial charge in [-0.05, 0) is 59.8 Å². The predicted octanol–water partition coefficient (Wildman–Crippen LogP) is 7.36. The van der Waals surface area contributed by atoms with E-state index in [1.807, 2.05) is 48.5 Å².